The average molecular weight is 191 g/mol. The Morgan fingerprint density at radius 1 is 1.82 bits per heavy atom. The van der Waals surface area contributed by atoms with E-state index in [1.54, 1.807) is 0 Å². The highest BCUT2D eigenvalue weighted by Gasteiger charge is 2.30. The summed E-state index contributed by atoms with van der Waals surface area (Å²) in [6.07, 6.45) is 0.705. The third-order valence-corrected chi connectivity index (χ3v) is 2.45. The lowest BCUT2D eigenvalue weighted by molar-refractivity contribution is -0.136. The van der Waals surface area contributed by atoms with Crippen LogP contribution in [0.25, 0.3) is 0 Å². The molecule has 0 aromatic carbocycles. The number of carbonyl (C=O) groups excluding carboxylic acids is 1. The molecule has 0 bridgehead atoms. The third-order valence-electron chi connectivity index (χ3n) is 1.68. The molecule has 1 heterocycles. The van der Waals surface area contributed by atoms with E-state index in [0.717, 1.165) is 12.1 Å². The maximum atomic E-state index is 11.0. The van der Waals surface area contributed by atoms with E-state index in [0.29, 0.717) is 6.42 Å². The fourth-order valence-electron chi connectivity index (χ4n) is 1.12. The minimum absolute atomic E-state index is 0.162. The largest absolute Gasteiger partial charge is 0.450 e. The molecule has 0 aromatic heterocycles. The number of hydrogen-bond acceptors (Lipinski definition) is 3. The molecule has 11 heavy (non-hydrogen) atoms. The van der Waals surface area contributed by atoms with Gasteiger partial charge in [-0.15, -0.1) is 0 Å². The first-order valence-corrected chi connectivity index (χ1v) is 4.22. The van der Waals surface area contributed by atoms with Crippen LogP contribution in [0.5, 0.6) is 0 Å². The van der Waals surface area contributed by atoms with E-state index in [4.69, 9.17) is 0 Å². The molecule has 1 aliphatic rings. The van der Waals surface area contributed by atoms with Crippen LogP contribution in [0.2, 0.25) is 0 Å². The summed E-state index contributed by atoms with van der Waals surface area (Å²) in [4.78, 5) is 11.0. The summed E-state index contributed by atoms with van der Waals surface area (Å²) in [5.74, 6) is -0.219. The Bertz CT molecular complexity index is 195. The predicted molar refractivity (Wildman–Crippen MR) is 49.8 cm³/mol. The van der Waals surface area contributed by atoms with Gasteiger partial charge in [-0.25, -0.2) is 0 Å². The lowest BCUT2D eigenvalue weighted by Crippen LogP contribution is -2.28. The molecule has 3 nitrogen and oxygen atoms in total. The first-order chi connectivity index (χ1) is 5.15. The zero-order valence-corrected chi connectivity index (χ0v) is 8.43. The molecule has 1 rings (SSSR count). The van der Waals surface area contributed by atoms with Crippen LogP contribution < -0.4 is 0 Å². The van der Waals surface area contributed by atoms with Crippen LogP contribution in [0, 0.1) is 0 Å². The van der Waals surface area contributed by atoms with E-state index in [-0.39, 0.29) is 12.0 Å². The van der Waals surface area contributed by atoms with Gasteiger partial charge in [0, 0.05) is 6.54 Å². The Kier molecular flexibility index (Phi) is 3.00. The van der Waals surface area contributed by atoms with Crippen LogP contribution in [0.1, 0.15) is 6.42 Å². The maximum absolute atomic E-state index is 11.0. The number of rotatable bonds is 1. The van der Waals surface area contributed by atoms with Crippen molar-refractivity contribution in [2.75, 3.05) is 6.54 Å². The second-order valence-corrected chi connectivity index (χ2v) is 3.48. The van der Waals surface area contributed by atoms with E-state index < -0.39 is 0 Å². The van der Waals surface area contributed by atoms with Crippen molar-refractivity contribution in [2.45, 2.75) is 12.5 Å². The highest BCUT2D eigenvalue weighted by Crippen LogP contribution is 2.25. The highest BCUT2D eigenvalue weighted by molar-refractivity contribution is 7.13. The molecule has 0 saturated carbocycles. The number of carbonyl (C=O) groups is 1. The van der Waals surface area contributed by atoms with Crippen LogP contribution in [0.3, 0.4) is 0 Å². The van der Waals surface area contributed by atoms with Crippen molar-refractivity contribution in [3.05, 3.63) is 12.2 Å². The van der Waals surface area contributed by atoms with Gasteiger partial charge in [0.1, 0.15) is 6.04 Å². The molecule has 0 aromatic rings. The molecule has 1 aliphatic heterocycles. The highest BCUT2D eigenvalue weighted by atomic mass is 31.0. The van der Waals surface area contributed by atoms with Crippen molar-refractivity contribution < 1.29 is 9.32 Å². The maximum Gasteiger partial charge on any atom is 0.326 e. The minimum Gasteiger partial charge on any atom is -0.450 e. The van der Waals surface area contributed by atoms with Gasteiger partial charge in [-0.1, -0.05) is 21.5 Å². The average Bonchev–Trinajstić information content (AvgIpc) is 2.28. The zero-order chi connectivity index (χ0) is 8.43. The van der Waals surface area contributed by atoms with Crippen LogP contribution in [-0.4, -0.2) is 23.2 Å². The van der Waals surface area contributed by atoms with Gasteiger partial charge in [-0.3, -0.25) is 9.46 Å². The van der Waals surface area contributed by atoms with E-state index in [2.05, 4.69) is 20.5 Å². The molecule has 1 saturated heterocycles. The molecule has 0 amide bonds. The number of hydrogen-bond donors (Lipinski definition) is 0. The normalized spacial score (nSPS) is 25.6. The summed E-state index contributed by atoms with van der Waals surface area (Å²) >= 11 is 0. The monoisotopic (exact) mass is 191 g/mol. The van der Waals surface area contributed by atoms with Gasteiger partial charge in [-0.05, 0) is 6.42 Å². The smallest absolute Gasteiger partial charge is 0.326 e. The van der Waals surface area contributed by atoms with E-state index in [1.165, 1.54) is 0 Å². The molecule has 3 atom stereocenters. The Balaban J connectivity index is 2.59. The van der Waals surface area contributed by atoms with E-state index in [9.17, 15) is 4.79 Å². The van der Waals surface area contributed by atoms with Crippen LogP contribution >= 0.6 is 18.9 Å². The summed E-state index contributed by atoms with van der Waals surface area (Å²) in [5, 5.41) is 0. The second kappa shape index (κ2) is 3.62. The minimum atomic E-state index is -0.219. The van der Waals surface area contributed by atoms with Gasteiger partial charge in [0.2, 0.25) is 0 Å². The summed E-state index contributed by atoms with van der Waals surface area (Å²) in [7, 11) is 4.46. The summed E-state index contributed by atoms with van der Waals surface area (Å²) in [5.41, 5.74) is 1.07. The van der Waals surface area contributed by atoms with Crippen molar-refractivity contribution in [3.8, 4) is 0 Å². The topological polar surface area (TPSA) is 29.5 Å². The number of nitrogens with zero attached hydrogens (tertiary/aromatic N) is 1. The molecule has 0 aliphatic carbocycles. The van der Waals surface area contributed by atoms with Crippen molar-refractivity contribution in [2.24, 2.45) is 0 Å². The summed E-state index contributed by atoms with van der Waals surface area (Å²) in [6, 6.07) is -0.162. The Morgan fingerprint density at radius 3 is 2.82 bits per heavy atom. The van der Waals surface area contributed by atoms with Gasteiger partial charge in [0.25, 0.3) is 0 Å². The molecule has 0 spiro atoms. The van der Waals surface area contributed by atoms with Crippen molar-refractivity contribution in [1.29, 1.82) is 0 Å². The van der Waals surface area contributed by atoms with Crippen molar-refractivity contribution >= 4 is 24.8 Å². The first-order valence-electron chi connectivity index (χ1n) is 3.23. The fourth-order valence-corrected chi connectivity index (χ4v) is 1.76. The molecule has 0 radical (unpaired) electrons. The van der Waals surface area contributed by atoms with Crippen molar-refractivity contribution in [3.63, 3.8) is 0 Å². The molecule has 1 fully saturated rings. The standard InChI is InChI=1S/C6H11NO2P2/c1-4-2-5(6(8)9-11)7(10)3-4/h5H,1-3,10-11H2/t5-/m0/s1. The lowest BCUT2D eigenvalue weighted by Gasteiger charge is -2.14. The first kappa shape index (κ1) is 9.12. The van der Waals surface area contributed by atoms with Gasteiger partial charge < -0.3 is 4.52 Å². The summed E-state index contributed by atoms with van der Waals surface area (Å²) < 4.78 is 6.39. The van der Waals surface area contributed by atoms with Crippen LogP contribution in [-0.2, 0) is 9.32 Å². The molecule has 62 valence electrons. The third kappa shape index (κ3) is 1.99. The molecule has 5 heteroatoms. The molecular weight excluding hydrogens is 180 g/mol. The lowest BCUT2D eigenvalue weighted by atomic mass is 10.2. The quantitative estimate of drug-likeness (QED) is 0.452. The molecule has 2 unspecified atom stereocenters. The summed E-state index contributed by atoms with van der Waals surface area (Å²) in [6.45, 7) is 4.56. The van der Waals surface area contributed by atoms with Gasteiger partial charge in [0.15, 0.2) is 0 Å². The van der Waals surface area contributed by atoms with E-state index in [1.807, 2.05) is 14.1 Å². The van der Waals surface area contributed by atoms with Crippen molar-refractivity contribution in [1.82, 2.24) is 4.67 Å². The Morgan fingerprint density at radius 2 is 2.45 bits per heavy atom. The fraction of sp³-hybridized carbons (Fsp3) is 0.500. The Labute approximate surface area is 70.7 Å². The zero-order valence-electron chi connectivity index (χ0n) is 6.12. The van der Waals surface area contributed by atoms with Crippen LogP contribution in [0.4, 0.5) is 0 Å². The van der Waals surface area contributed by atoms with Gasteiger partial charge in [-0.2, -0.15) is 0 Å². The Hall–Kier alpha value is 0.0300. The SMILES string of the molecule is C=C1C[C@@H](C(=O)OP)N(P)C1. The predicted octanol–water partition coefficient (Wildman–Crippen LogP) is 0.740. The van der Waals surface area contributed by atoms with Gasteiger partial charge >= 0.3 is 5.97 Å². The second-order valence-electron chi connectivity index (χ2n) is 2.58. The van der Waals surface area contributed by atoms with Gasteiger partial charge in [0.05, 0.1) is 9.47 Å². The molecule has 0 N–H and O–H groups in total. The van der Waals surface area contributed by atoms with Crippen LogP contribution in [0.15, 0.2) is 12.2 Å². The molecular formula is C6H11NO2P2. The van der Waals surface area contributed by atoms with E-state index >= 15 is 0 Å².